The van der Waals surface area contributed by atoms with Gasteiger partial charge >= 0.3 is 5.97 Å². The van der Waals surface area contributed by atoms with E-state index in [1.165, 1.54) is 11.8 Å². The van der Waals surface area contributed by atoms with Crippen molar-refractivity contribution in [1.29, 1.82) is 0 Å². The first-order valence-corrected chi connectivity index (χ1v) is 10.6. The van der Waals surface area contributed by atoms with Gasteiger partial charge in [-0.3, -0.25) is 0 Å². The summed E-state index contributed by atoms with van der Waals surface area (Å²) in [6, 6.07) is 19.7. The van der Waals surface area contributed by atoms with Gasteiger partial charge in [-0.05, 0) is 29.9 Å². The molecule has 5 heteroatoms. The summed E-state index contributed by atoms with van der Waals surface area (Å²) < 4.78 is 11.6. The van der Waals surface area contributed by atoms with Crippen molar-refractivity contribution in [3.05, 3.63) is 82.5 Å². The van der Waals surface area contributed by atoms with Gasteiger partial charge in [0, 0.05) is 19.0 Å². The van der Waals surface area contributed by atoms with Gasteiger partial charge in [-0.1, -0.05) is 60.7 Å². The normalized spacial score (nSPS) is 25.0. The Labute approximate surface area is 169 Å². The van der Waals surface area contributed by atoms with Crippen LogP contribution in [0.4, 0.5) is 0 Å². The van der Waals surface area contributed by atoms with Crippen LogP contribution in [-0.4, -0.2) is 24.3 Å². The third kappa shape index (κ3) is 4.10. The molecule has 28 heavy (non-hydrogen) atoms. The van der Waals surface area contributed by atoms with E-state index in [9.17, 15) is 9.90 Å². The largest absolute Gasteiger partial charge is 0.511 e. The molecule has 2 aromatic rings. The standard InChI is InChI=1S/C23H24O4S/c24-20-14-23(13-18-11-12-26-15-18,19-9-5-2-6-10-19)27-22(25)21(20)28-16-17-7-3-1-4-8-17/h1-10,18,24H,11-16H2. The number of benzene rings is 2. The van der Waals surface area contributed by atoms with Crippen molar-refractivity contribution in [1.82, 2.24) is 0 Å². The van der Waals surface area contributed by atoms with E-state index in [1.807, 2.05) is 60.7 Å². The monoisotopic (exact) mass is 396 g/mol. The SMILES string of the molecule is O=C1OC(CC2CCOC2)(c2ccccc2)CC(O)=C1SCc1ccccc1. The van der Waals surface area contributed by atoms with E-state index in [2.05, 4.69) is 0 Å². The van der Waals surface area contributed by atoms with E-state index in [4.69, 9.17) is 9.47 Å². The van der Waals surface area contributed by atoms with E-state index < -0.39 is 11.6 Å². The molecule has 4 rings (SSSR count). The highest BCUT2D eigenvalue weighted by Gasteiger charge is 2.45. The fourth-order valence-electron chi connectivity index (χ4n) is 3.95. The molecule has 0 spiro atoms. The minimum Gasteiger partial charge on any atom is -0.511 e. The highest BCUT2D eigenvalue weighted by molar-refractivity contribution is 8.03. The summed E-state index contributed by atoms with van der Waals surface area (Å²) in [6.07, 6.45) is 1.91. The molecule has 146 valence electrons. The molecule has 2 aliphatic rings. The van der Waals surface area contributed by atoms with Crippen molar-refractivity contribution in [3.8, 4) is 0 Å². The van der Waals surface area contributed by atoms with Crippen molar-refractivity contribution < 1.29 is 19.4 Å². The number of esters is 1. The summed E-state index contributed by atoms with van der Waals surface area (Å²) in [5.74, 6) is 0.621. The van der Waals surface area contributed by atoms with E-state index in [0.29, 0.717) is 36.0 Å². The van der Waals surface area contributed by atoms with Crippen molar-refractivity contribution in [2.45, 2.75) is 30.6 Å². The van der Waals surface area contributed by atoms with Crippen molar-refractivity contribution in [3.63, 3.8) is 0 Å². The Balaban J connectivity index is 1.59. The van der Waals surface area contributed by atoms with Crippen molar-refractivity contribution in [2.75, 3.05) is 13.2 Å². The fourth-order valence-corrected chi connectivity index (χ4v) is 4.85. The van der Waals surface area contributed by atoms with E-state index in [0.717, 1.165) is 24.2 Å². The molecule has 2 atom stereocenters. The predicted molar refractivity (Wildman–Crippen MR) is 110 cm³/mol. The number of aliphatic hydroxyl groups is 1. The van der Waals surface area contributed by atoms with Crippen LogP contribution in [0.3, 0.4) is 0 Å². The number of hydrogen-bond donors (Lipinski definition) is 1. The van der Waals surface area contributed by atoms with Crippen LogP contribution in [0.1, 0.15) is 30.4 Å². The lowest BCUT2D eigenvalue weighted by atomic mass is 9.80. The van der Waals surface area contributed by atoms with Crippen LogP contribution in [0.25, 0.3) is 0 Å². The molecule has 0 aliphatic carbocycles. The molecule has 2 aromatic carbocycles. The minimum atomic E-state index is -0.836. The quantitative estimate of drug-likeness (QED) is 0.700. The van der Waals surface area contributed by atoms with Crippen LogP contribution in [0.2, 0.25) is 0 Å². The topological polar surface area (TPSA) is 55.8 Å². The molecule has 0 aromatic heterocycles. The summed E-state index contributed by atoms with van der Waals surface area (Å²) in [6.45, 7) is 1.41. The number of hydrogen-bond acceptors (Lipinski definition) is 5. The zero-order chi connectivity index (χ0) is 19.4. The molecule has 1 saturated heterocycles. The van der Waals surface area contributed by atoms with Gasteiger partial charge in [0.1, 0.15) is 16.3 Å². The van der Waals surface area contributed by atoms with Crippen LogP contribution < -0.4 is 0 Å². The van der Waals surface area contributed by atoms with Crippen LogP contribution in [0, 0.1) is 5.92 Å². The number of aliphatic hydroxyl groups excluding tert-OH is 1. The van der Waals surface area contributed by atoms with E-state index >= 15 is 0 Å². The smallest absolute Gasteiger partial charge is 0.348 e. The zero-order valence-corrected chi connectivity index (χ0v) is 16.5. The number of carbonyl (C=O) groups is 1. The van der Waals surface area contributed by atoms with E-state index in [1.54, 1.807) is 0 Å². The van der Waals surface area contributed by atoms with Crippen LogP contribution >= 0.6 is 11.8 Å². The molecule has 4 nitrogen and oxygen atoms in total. The Kier molecular flexibility index (Phi) is 5.74. The van der Waals surface area contributed by atoms with Gasteiger partial charge in [-0.2, -0.15) is 0 Å². The first-order valence-electron chi connectivity index (χ1n) is 9.62. The average molecular weight is 397 g/mol. The Hall–Kier alpha value is -2.24. The molecule has 1 N–H and O–H groups in total. The van der Waals surface area contributed by atoms with Gasteiger partial charge < -0.3 is 14.6 Å². The molecular formula is C23H24O4S. The Morgan fingerprint density at radius 3 is 2.43 bits per heavy atom. The summed E-state index contributed by atoms with van der Waals surface area (Å²) in [5.41, 5.74) is 1.19. The molecule has 2 aliphatic heterocycles. The molecule has 1 fully saturated rings. The highest BCUT2D eigenvalue weighted by Crippen LogP contribution is 2.45. The second-order valence-corrected chi connectivity index (χ2v) is 8.40. The average Bonchev–Trinajstić information content (AvgIpc) is 3.21. The Morgan fingerprint density at radius 2 is 1.79 bits per heavy atom. The van der Waals surface area contributed by atoms with Crippen molar-refractivity contribution >= 4 is 17.7 Å². The van der Waals surface area contributed by atoms with Gasteiger partial charge in [0.25, 0.3) is 0 Å². The lowest BCUT2D eigenvalue weighted by Crippen LogP contribution is -2.39. The van der Waals surface area contributed by atoms with Gasteiger partial charge in [0.2, 0.25) is 0 Å². The van der Waals surface area contributed by atoms with Gasteiger partial charge in [-0.15, -0.1) is 11.8 Å². The minimum absolute atomic E-state index is 0.125. The Morgan fingerprint density at radius 1 is 1.07 bits per heavy atom. The molecule has 0 saturated carbocycles. The summed E-state index contributed by atoms with van der Waals surface area (Å²) in [5, 5.41) is 10.8. The second kappa shape index (κ2) is 8.41. The Bertz CT molecular complexity index is 843. The first kappa shape index (κ1) is 19.1. The number of rotatable bonds is 6. The third-order valence-electron chi connectivity index (χ3n) is 5.36. The molecule has 0 amide bonds. The maximum Gasteiger partial charge on any atom is 0.348 e. The van der Waals surface area contributed by atoms with Crippen molar-refractivity contribution in [2.24, 2.45) is 5.92 Å². The summed E-state index contributed by atoms with van der Waals surface area (Å²) in [7, 11) is 0. The van der Waals surface area contributed by atoms with Gasteiger partial charge in [0.15, 0.2) is 0 Å². The van der Waals surface area contributed by atoms with Crippen LogP contribution in [-0.2, 0) is 25.6 Å². The second-order valence-electron chi connectivity index (χ2n) is 7.41. The summed E-state index contributed by atoms with van der Waals surface area (Å²) in [4.78, 5) is 13.2. The number of ether oxygens (including phenoxy) is 2. The highest BCUT2D eigenvalue weighted by atomic mass is 32.2. The van der Waals surface area contributed by atoms with E-state index in [-0.39, 0.29) is 5.76 Å². The lowest BCUT2D eigenvalue weighted by molar-refractivity contribution is -0.161. The maximum atomic E-state index is 12.9. The predicted octanol–water partition coefficient (Wildman–Crippen LogP) is 4.96. The van der Waals surface area contributed by atoms with Gasteiger partial charge in [-0.25, -0.2) is 4.79 Å². The van der Waals surface area contributed by atoms with Crippen LogP contribution in [0.5, 0.6) is 0 Å². The fraction of sp³-hybridized carbons (Fsp3) is 0.348. The lowest BCUT2D eigenvalue weighted by Gasteiger charge is -2.39. The zero-order valence-electron chi connectivity index (χ0n) is 15.7. The van der Waals surface area contributed by atoms with Crippen LogP contribution in [0.15, 0.2) is 71.3 Å². The molecule has 2 heterocycles. The number of carbonyl (C=O) groups excluding carboxylic acids is 1. The summed E-state index contributed by atoms with van der Waals surface area (Å²) >= 11 is 1.34. The molecule has 2 unspecified atom stereocenters. The number of thioether (sulfide) groups is 1. The number of cyclic esters (lactones) is 1. The molecular weight excluding hydrogens is 372 g/mol. The maximum absolute atomic E-state index is 12.9. The van der Waals surface area contributed by atoms with Gasteiger partial charge in [0.05, 0.1) is 6.42 Å². The molecule has 0 bridgehead atoms. The molecule has 0 radical (unpaired) electrons. The first-order chi connectivity index (χ1) is 13.7. The third-order valence-corrected chi connectivity index (χ3v) is 6.53.